The number of aryl methyl sites for hydroxylation is 1. The van der Waals surface area contributed by atoms with Gasteiger partial charge in [-0.3, -0.25) is 9.78 Å². The molecular formula is C25H29N5OS. The van der Waals surface area contributed by atoms with Crippen LogP contribution in [0.4, 0.5) is 5.69 Å². The minimum absolute atomic E-state index is 0.0299. The van der Waals surface area contributed by atoms with Crippen LogP contribution in [0.1, 0.15) is 55.3 Å². The Morgan fingerprint density at radius 3 is 2.75 bits per heavy atom. The topological polar surface area (TPSA) is 62.2 Å². The van der Waals surface area contributed by atoms with Gasteiger partial charge in [-0.2, -0.15) is 0 Å². The molecule has 1 amide bonds. The average molecular weight is 448 g/mol. The summed E-state index contributed by atoms with van der Waals surface area (Å²) in [6.07, 6.45) is 4.24. The molecule has 32 heavy (non-hydrogen) atoms. The van der Waals surface area contributed by atoms with E-state index in [1.54, 1.807) is 6.20 Å². The number of pyridine rings is 1. The third-order valence-corrected chi connectivity index (χ3v) is 6.10. The molecule has 4 rings (SSSR count). The van der Waals surface area contributed by atoms with E-state index in [-0.39, 0.29) is 18.0 Å². The fraction of sp³-hybridized carbons (Fsp3) is 0.320. The summed E-state index contributed by atoms with van der Waals surface area (Å²) in [5, 5.41) is 7.10. The van der Waals surface area contributed by atoms with Gasteiger partial charge in [-0.15, -0.1) is 0 Å². The third-order valence-electron chi connectivity index (χ3n) is 5.75. The van der Waals surface area contributed by atoms with Crippen molar-refractivity contribution in [2.45, 2.75) is 45.3 Å². The minimum atomic E-state index is -0.0871. The van der Waals surface area contributed by atoms with Crippen LogP contribution < -0.4 is 10.6 Å². The van der Waals surface area contributed by atoms with Crippen LogP contribution in [0.2, 0.25) is 0 Å². The molecule has 0 radical (unpaired) electrons. The maximum atomic E-state index is 12.7. The second-order valence-electron chi connectivity index (χ2n) is 8.42. The monoisotopic (exact) mass is 447 g/mol. The molecule has 0 bridgehead atoms. The molecule has 3 heterocycles. The highest BCUT2D eigenvalue weighted by atomic mass is 32.1. The number of carbonyl (C=O) groups is 1. The van der Waals surface area contributed by atoms with Crippen molar-refractivity contribution in [3.05, 3.63) is 83.9 Å². The number of anilines is 1. The lowest BCUT2D eigenvalue weighted by molar-refractivity contribution is -0.116. The zero-order chi connectivity index (χ0) is 22.7. The van der Waals surface area contributed by atoms with Crippen LogP contribution in [0.15, 0.2) is 67.0 Å². The van der Waals surface area contributed by atoms with Gasteiger partial charge in [0.25, 0.3) is 0 Å². The van der Waals surface area contributed by atoms with E-state index in [0.717, 1.165) is 22.6 Å². The van der Waals surface area contributed by atoms with E-state index >= 15 is 0 Å². The van der Waals surface area contributed by atoms with Crippen LogP contribution in [0, 0.1) is 6.92 Å². The Morgan fingerprint density at radius 1 is 1.19 bits per heavy atom. The molecule has 0 saturated carbocycles. The zero-order valence-corrected chi connectivity index (χ0v) is 19.5. The standard InChI is InChI=1S/C25H29N5OS/c1-17(2)29-14-7-11-21(29)24-23(20-10-4-5-13-26-20)28-25(32)30(24)15-12-22(31)27-19-9-6-8-18(3)16-19/h4-11,13-14,16-17,23-24H,12,15H2,1-3H3,(H,27,31)(H,28,32)/t23-,24-/m1/s1. The molecule has 0 spiro atoms. The number of carbonyl (C=O) groups excluding carboxylic acids is 1. The van der Waals surface area contributed by atoms with Crippen molar-refractivity contribution < 1.29 is 4.79 Å². The quantitative estimate of drug-likeness (QED) is 0.511. The molecule has 1 fully saturated rings. The van der Waals surface area contributed by atoms with Crippen molar-refractivity contribution in [1.82, 2.24) is 19.8 Å². The number of hydrogen-bond donors (Lipinski definition) is 2. The second-order valence-corrected chi connectivity index (χ2v) is 8.81. The molecule has 1 aliphatic rings. The van der Waals surface area contributed by atoms with Gasteiger partial charge in [0.05, 0.1) is 17.8 Å². The Hall–Kier alpha value is -3.19. The Morgan fingerprint density at radius 2 is 2.03 bits per heavy atom. The van der Waals surface area contributed by atoms with E-state index < -0.39 is 0 Å². The first-order chi connectivity index (χ1) is 15.4. The van der Waals surface area contributed by atoms with Crippen LogP contribution in [-0.2, 0) is 4.79 Å². The highest BCUT2D eigenvalue weighted by Gasteiger charge is 2.41. The van der Waals surface area contributed by atoms with Gasteiger partial charge >= 0.3 is 0 Å². The number of hydrogen-bond acceptors (Lipinski definition) is 3. The summed E-state index contributed by atoms with van der Waals surface area (Å²) in [7, 11) is 0. The number of thiocarbonyl (C=S) groups is 1. The van der Waals surface area contributed by atoms with E-state index in [1.165, 1.54) is 0 Å². The fourth-order valence-electron chi connectivity index (χ4n) is 4.26. The van der Waals surface area contributed by atoms with Crippen molar-refractivity contribution in [2.75, 3.05) is 11.9 Å². The maximum Gasteiger partial charge on any atom is 0.226 e. The van der Waals surface area contributed by atoms with E-state index in [2.05, 4.69) is 57.3 Å². The van der Waals surface area contributed by atoms with Crippen LogP contribution in [0.3, 0.4) is 0 Å². The maximum absolute atomic E-state index is 12.7. The predicted octanol–water partition coefficient (Wildman–Crippen LogP) is 4.77. The Labute approximate surface area is 194 Å². The van der Waals surface area contributed by atoms with Gasteiger partial charge in [0.15, 0.2) is 5.11 Å². The minimum Gasteiger partial charge on any atom is -0.352 e. The lowest BCUT2D eigenvalue weighted by Crippen LogP contribution is -2.33. The number of nitrogens with zero attached hydrogens (tertiary/aromatic N) is 3. The summed E-state index contributed by atoms with van der Waals surface area (Å²) in [6, 6.07) is 18.1. The number of rotatable bonds is 7. The Balaban J connectivity index is 1.57. The largest absolute Gasteiger partial charge is 0.352 e. The van der Waals surface area contributed by atoms with Crippen molar-refractivity contribution in [2.24, 2.45) is 0 Å². The second kappa shape index (κ2) is 9.53. The summed E-state index contributed by atoms with van der Waals surface area (Å²) in [5.74, 6) is -0.0299. The van der Waals surface area contributed by atoms with Gasteiger partial charge in [0.1, 0.15) is 0 Å². The summed E-state index contributed by atoms with van der Waals surface area (Å²) in [4.78, 5) is 19.4. The molecule has 1 aliphatic heterocycles. The normalized spacial score (nSPS) is 18.1. The zero-order valence-electron chi connectivity index (χ0n) is 18.7. The molecule has 6 nitrogen and oxygen atoms in total. The van der Waals surface area contributed by atoms with Gasteiger partial charge in [-0.1, -0.05) is 18.2 Å². The van der Waals surface area contributed by atoms with Crippen LogP contribution in [0.25, 0.3) is 0 Å². The van der Waals surface area contributed by atoms with Crippen LogP contribution in [-0.4, -0.2) is 32.0 Å². The first kappa shape index (κ1) is 22.0. The molecule has 1 saturated heterocycles. The SMILES string of the molecule is Cc1cccc(NC(=O)CCN2C(=S)N[C@H](c3ccccn3)[C@H]2c2cccn2C(C)C)c1. The van der Waals surface area contributed by atoms with Crippen molar-refractivity contribution in [1.29, 1.82) is 0 Å². The molecule has 1 aromatic carbocycles. The van der Waals surface area contributed by atoms with Crippen LogP contribution >= 0.6 is 12.2 Å². The summed E-state index contributed by atoms with van der Waals surface area (Å²) >= 11 is 5.72. The van der Waals surface area contributed by atoms with E-state index in [4.69, 9.17) is 12.2 Å². The lowest BCUT2D eigenvalue weighted by atomic mass is 10.0. The Bertz CT molecular complexity index is 1090. The molecule has 2 atom stereocenters. The molecule has 166 valence electrons. The highest BCUT2D eigenvalue weighted by molar-refractivity contribution is 7.80. The number of aromatic nitrogens is 2. The summed E-state index contributed by atoms with van der Waals surface area (Å²) < 4.78 is 2.26. The van der Waals surface area contributed by atoms with E-state index in [0.29, 0.717) is 24.1 Å². The third kappa shape index (κ3) is 4.67. The lowest BCUT2D eigenvalue weighted by Gasteiger charge is -2.29. The number of nitrogens with one attached hydrogen (secondary N) is 2. The highest BCUT2D eigenvalue weighted by Crippen LogP contribution is 2.39. The predicted molar refractivity (Wildman–Crippen MR) is 131 cm³/mol. The molecule has 0 aliphatic carbocycles. The van der Waals surface area contributed by atoms with Crippen LogP contribution in [0.5, 0.6) is 0 Å². The van der Waals surface area contributed by atoms with Gasteiger partial charge < -0.3 is 20.1 Å². The number of amides is 1. The van der Waals surface area contributed by atoms with Crippen molar-refractivity contribution in [3.63, 3.8) is 0 Å². The van der Waals surface area contributed by atoms with Gasteiger partial charge in [-0.25, -0.2) is 0 Å². The molecule has 2 aromatic heterocycles. The van der Waals surface area contributed by atoms with E-state index in [9.17, 15) is 4.79 Å². The first-order valence-electron chi connectivity index (χ1n) is 11.0. The summed E-state index contributed by atoms with van der Waals surface area (Å²) in [5.41, 5.74) is 4.01. The van der Waals surface area contributed by atoms with Gasteiger partial charge in [0.2, 0.25) is 5.91 Å². The molecule has 7 heteroatoms. The number of benzene rings is 1. The molecule has 2 N–H and O–H groups in total. The molecule has 3 aromatic rings. The van der Waals surface area contributed by atoms with Gasteiger partial charge in [-0.05, 0) is 75.0 Å². The van der Waals surface area contributed by atoms with Crippen molar-refractivity contribution in [3.8, 4) is 0 Å². The van der Waals surface area contributed by atoms with E-state index in [1.807, 2.05) is 49.4 Å². The Kier molecular flexibility index (Phi) is 6.55. The summed E-state index contributed by atoms with van der Waals surface area (Å²) in [6.45, 7) is 6.86. The smallest absolute Gasteiger partial charge is 0.226 e. The molecule has 0 unspecified atom stereocenters. The average Bonchev–Trinajstić information content (AvgIpc) is 3.37. The van der Waals surface area contributed by atoms with Gasteiger partial charge in [0, 0.05) is 42.8 Å². The fourth-order valence-corrected chi connectivity index (χ4v) is 4.60. The first-order valence-corrected chi connectivity index (χ1v) is 11.4. The van der Waals surface area contributed by atoms with Crippen molar-refractivity contribution >= 4 is 28.9 Å². The molecular weight excluding hydrogens is 418 g/mol.